The lowest BCUT2D eigenvalue weighted by Crippen LogP contribution is -2.08. The fourth-order valence-corrected chi connectivity index (χ4v) is 1.81. The van der Waals surface area contributed by atoms with Gasteiger partial charge in [0.1, 0.15) is 0 Å². The molecule has 2 heteroatoms. The van der Waals surface area contributed by atoms with Crippen LogP contribution < -0.4 is 5.32 Å². The summed E-state index contributed by atoms with van der Waals surface area (Å²) in [6, 6.07) is 0. The third-order valence-electron chi connectivity index (χ3n) is 2.57. The smallest absolute Gasteiger partial charge is 0.0208 e. The number of allylic oxidation sites excluding steroid dienone is 1. The molecule has 1 N–H and O–H groups in total. The van der Waals surface area contributed by atoms with Crippen LogP contribution in [-0.2, 0) is 0 Å². The van der Waals surface area contributed by atoms with E-state index >= 15 is 0 Å². The molecule has 0 atom stereocenters. The van der Waals surface area contributed by atoms with E-state index in [-0.39, 0.29) is 0 Å². The lowest BCUT2D eigenvalue weighted by molar-refractivity contribution is 0.867. The van der Waals surface area contributed by atoms with E-state index in [1.807, 2.05) is 6.92 Å². The van der Waals surface area contributed by atoms with Crippen LogP contribution in [-0.4, -0.2) is 18.0 Å². The molecule has 0 bridgehead atoms. The first kappa shape index (κ1) is 11.6. The highest BCUT2D eigenvalue weighted by molar-refractivity contribution is 7.80. The predicted molar refractivity (Wildman–Crippen MR) is 66.8 cm³/mol. The second-order valence-corrected chi connectivity index (χ2v) is 4.50. The molecule has 0 aromatic heterocycles. The van der Waals surface area contributed by atoms with E-state index in [1.54, 1.807) is 0 Å². The van der Waals surface area contributed by atoms with Crippen molar-refractivity contribution in [2.45, 2.75) is 33.6 Å². The zero-order chi connectivity index (χ0) is 10.6. The minimum Gasteiger partial charge on any atom is -0.309 e. The molecule has 0 saturated carbocycles. The van der Waals surface area contributed by atoms with Gasteiger partial charge in [-0.1, -0.05) is 37.2 Å². The van der Waals surface area contributed by atoms with Gasteiger partial charge in [-0.15, -0.1) is 0 Å². The summed E-state index contributed by atoms with van der Waals surface area (Å²) < 4.78 is 0. The Morgan fingerprint density at radius 1 is 1.50 bits per heavy atom. The van der Waals surface area contributed by atoms with E-state index in [4.69, 9.17) is 12.2 Å². The first-order valence-corrected chi connectivity index (χ1v) is 5.66. The van der Waals surface area contributed by atoms with Crippen molar-refractivity contribution in [3.63, 3.8) is 0 Å². The monoisotopic (exact) mass is 209 g/mol. The normalized spacial score (nSPS) is 17.8. The molecule has 1 rings (SSSR count). The zero-order valence-electron chi connectivity index (χ0n) is 9.31. The predicted octanol–water partition coefficient (Wildman–Crippen LogP) is 3.02. The van der Waals surface area contributed by atoms with Crippen LogP contribution >= 0.6 is 12.2 Å². The third kappa shape index (κ3) is 3.03. The summed E-state index contributed by atoms with van der Waals surface area (Å²) in [6.45, 7) is 8.44. The first-order valence-electron chi connectivity index (χ1n) is 5.26. The summed E-state index contributed by atoms with van der Waals surface area (Å²) in [5.74, 6) is 0. The van der Waals surface area contributed by atoms with Crippen LogP contribution in [0.3, 0.4) is 0 Å². The third-order valence-corrected chi connectivity index (χ3v) is 2.84. The quantitative estimate of drug-likeness (QED) is 0.564. The Hall–Kier alpha value is -0.470. The van der Waals surface area contributed by atoms with Crippen molar-refractivity contribution in [2.75, 3.05) is 13.1 Å². The Balaban J connectivity index is 2.81. The van der Waals surface area contributed by atoms with E-state index in [2.05, 4.69) is 25.2 Å². The number of nitrogens with one attached hydrogen (secondary N) is 1. The van der Waals surface area contributed by atoms with Crippen molar-refractivity contribution < 1.29 is 0 Å². The Morgan fingerprint density at radius 2 is 2.21 bits per heavy atom. The maximum Gasteiger partial charge on any atom is 0.0208 e. The summed E-state index contributed by atoms with van der Waals surface area (Å²) in [7, 11) is 0. The van der Waals surface area contributed by atoms with Crippen LogP contribution in [0.25, 0.3) is 0 Å². The largest absolute Gasteiger partial charge is 0.309 e. The summed E-state index contributed by atoms with van der Waals surface area (Å²) in [4.78, 5) is 1.04. The highest BCUT2D eigenvalue weighted by atomic mass is 32.1. The van der Waals surface area contributed by atoms with Crippen molar-refractivity contribution >= 4 is 17.1 Å². The molecular weight excluding hydrogens is 190 g/mol. The van der Waals surface area contributed by atoms with Gasteiger partial charge in [0.2, 0.25) is 0 Å². The van der Waals surface area contributed by atoms with Crippen molar-refractivity contribution in [3.05, 3.63) is 22.8 Å². The maximum absolute atomic E-state index is 5.24. The van der Waals surface area contributed by atoms with Crippen molar-refractivity contribution in [2.24, 2.45) is 0 Å². The fourth-order valence-electron chi connectivity index (χ4n) is 1.65. The molecule has 1 aliphatic heterocycles. The molecule has 14 heavy (non-hydrogen) atoms. The molecule has 0 aromatic carbocycles. The van der Waals surface area contributed by atoms with Gasteiger partial charge in [0.25, 0.3) is 0 Å². The second-order valence-electron chi connectivity index (χ2n) is 3.88. The lowest BCUT2D eigenvalue weighted by Gasteiger charge is -2.04. The van der Waals surface area contributed by atoms with Crippen molar-refractivity contribution in [3.8, 4) is 0 Å². The average Bonchev–Trinajstić information content (AvgIpc) is 2.51. The van der Waals surface area contributed by atoms with Gasteiger partial charge in [-0.05, 0) is 31.4 Å². The van der Waals surface area contributed by atoms with Crippen LogP contribution in [0.15, 0.2) is 22.8 Å². The highest BCUT2D eigenvalue weighted by Crippen LogP contribution is 2.16. The maximum atomic E-state index is 5.24. The number of thiocarbonyl (C=S) groups is 1. The molecule has 0 amide bonds. The summed E-state index contributed by atoms with van der Waals surface area (Å²) in [5, 5.41) is 3.35. The van der Waals surface area contributed by atoms with Gasteiger partial charge >= 0.3 is 0 Å². The summed E-state index contributed by atoms with van der Waals surface area (Å²) in [6.07, 6.45) is 4.55. The molecule has 1 aliphatic rings. The zero-order valence-corrected chi connectivity index (χ0v) is 10.1. The van der Waals surface area contributed by atoms with E-state index in [1.165, 1.54) is 23.1 Å². The molecule has 0 unspecified atom stereocenters. The molecule has 0 fully saturated rings. The van der Waals surface area contributed by atoms with Gasteiger partial charge in [-0.2, -0.15) is 0 Å². The Morgan fingerprint density at radius 3 is 2.64 bits per heavy atom. The van der Waals surface area contributed by atoms with Gasteiger partial charge in [-0.3, -0.25) is 0 Å². The Kier molecular flexibility index (Phi) is 4.49. The first-order chi connectivity index (χ1) is 6.65. The standard InChI is InChI=1S/C12H19NS/c1-4-5-11(10(3)14)6-12-8-13-7-9(12)2/h6,13H,4-5,7-8H2,1-3H3/b11-6+. The second kappa shape index (κ2) is 5.42. The van der Waals surface area contributed by atoms with E-state index in [0.29, 0.717) is 0 Å². The van der Waals surface area contributed by atoms with Gasteiger partial charge < -0.3 is 5.32 Å². The van der Waals surface area contributed by atoms with Crippen molar-refractivity contribution in [1.82, 2.24) is 5.32 Å². The summed E-state index contributed by atoms with van der Waals surface area (Å²) in [5.41, 5.74) is 4.22. The minimum atomic E-state index is 1.00. The van der Waals surface area contributed by atoms with Crippen LogP contribution in [0, 0.1) is 0 Å². The number of hydrogen-bond acceptors (Lipinski definition) is 2. The minimum absolute atomic E-state index is 1.00. The van der Waals surface area contributed by atoms with E-state index in [9.17, 15) is 0 Å². The van der Waals surface area contributed by atoms with E-state index in [0.717, 1.165) is 24.4 Å². The number of hydrogen-bond donors (Lipinski definition) is 1. The SMILES string of the molecule is CCC/C(=C\C1=C(C)CNC1)C(C)=S. The van der Waals surface area contributed by atoms with Gasteiger partial charge in [0, 0.05) is 18.0 Å². The number of rotatable bonds is 4. The molecule has 0 aliphatic carbocycles. The van der Waals surface area contributed by atoms with Crippen LogP contribution in [0.4, 0.5) is 0 Å². The average molecular weight is 209 g/mol. The highest BCUT2D eigenvalue weighted by Gasteiger charge is 2.09. The molecular formula is C12H19NS. The Labute approximate surface area is 92.3 Å². The van der Waals surface area contributed by atoms with Gasteiger partial charge in [0.05, 0.1) is 0 Å². The fraction of sp³-hybridized carbons (Fsp3) is 0.583. The van der Waals surface area contributed by atoms with Gasteiger partial charge in [0.15, 0.2) is 0 Å². The molecule has 0 saturated heterocycles. The van der Waals surface area contributed by atoms with Crippen LogP contribution in [0.2, 0.25) is 0 Å². The van der Waals surface area contributed by atoms with Crippen LogP contribution in [0.5, 0.6) is 0 Å². The van der Waals surface area contributed by atoms with E-state index < -0.39 is 0 Å². The summed E-state index contributed by atoms with van der Waals surface area (Å²) >= 11 is 5.24. The topological polar surface area (TPSA) is 12.0 Å². The van der Waals surface area contributed by atoms with Gasteiger partial charge in [-0.25, -0.2) is 0 Å². The molecule has 1 heterocycles. The molecule has 0 spiro atoms. The van der Waals surface area contributed by atoms with Crippen LogP contribution in [0.1, 0.15) is 33.6 Å². The molecule has 0 radical (unpaired) electrons. The molecule has 0 aromatic rings. The molecule has 78 valence electrons. The molecule has 1 nitrogen and oxygen atoms in total. The Bertz CT molecular complexity index is 287. The lowest BCUT2D eigenvalue weighted by atomic mass is 10.0. The van der Waals surface area contributed by atoms with Crippen molar-refractivity contribution in [1.29, 1.82) is 0 Å².